The Kier molecular flexibility index (Phi) is 4.90. The highest BCUT2D eigenvalue weighted by atomic mass is 16.5. The van der Waals surface area contributed by atoms with E-state index < -0.39 is 0 Å². The second-order valence-corrected chi connectivity index (χ2v) is 3.82. The predicted octanol–water partition coefficient (Wildman–Crippen LogP) is 3.77. The number of allylic oxidation sites excluding steroid dienone is 2. The van der Waals surface area contributed by atoms with Crippen LogP contribution in [0, 0.1) is 0 Å². The molecule has 0 radical (unpaired) electrons. The van der Waals surface area contributed by atoms with E-state index in [4.69, 9.17) is 9.47 Å². The topological polar surface area (TPSA) is 18.5 Å². The summed E-state index contributed by atoms with van der Waals surface area (Å²) in [6.07, 6.45) is 5.31. The third-order valence-corrected chi connectivity index (χ3v) is 2.70. The number of hydrogen-bond donors (Lipinski definition) is 0. The van der Waals surface area contributed by atoms with Crippen LogP contribution in [0.2, 0.25) is 0 Å². The van der Waals surface area contributed by atoms with E-state index in [2.05, 4.69) is 25.1 Å². The quantitative estimate of drug-likeness (QED) is 0.703. The molecule has 0 aliphatic rings. The summed E-state index contributed by atoms with van der Waals surface area (Å²) in [5.41, 5.74) is 1.27. The third kappa shape index (κ3) is 3.02. The van der Waals surface area contributed by atoms with Crippen molar-refractivity contribution >= 4 is 0 Å². The minimum absolute atomic E-state index is 0.496. The lowest BCUT2D eigenvalue weighted by Crippen LogP contribution is -1.95. The molecule has 0 heterocycles. The number of hydrogen-bond acceptors (Lipinski definition) is 2. The molecule has 88 valence electrons. The largest absolute Gasteiger partial charge is 0.493 e. The van der Waals surface area contributed by atoms with Crippen LogP contribution in [0.4, 0.5) is 0 Å². The molecule has 0 saturated heterocycles. The van der Waals surface area contributed by atoms with Gasteiger partial charge in [-0.1, -0.05) is 25.1 Å². The first-order chi connectivity index (χ1) is 7.72. The van der Waals surface area contributed by atoms with E-state index in [1.165, 1.54) is 5.56 Å². The summed E-state index contributed by atoms with van der Waals surface area (Å²) in [4.78, 5) is 0. The van der Waals surface area contributed by atoms with Gasteiger partial charge in [-0.2, -0.15) is 0 Å². The SMILES string of the molecule is C/C=C\CC(C)c1ccc(OC)c(OC)c1. The fourth-order valence-corrected chi connectivity index (χ4v) is 1.64. The maximum Gasteiger partial charge on any atom is 0.160 e. The van der Waals surface area contributed by atoms with Gasteiger partial charge in [0.2, 0.25) is 0 Å². The molecule has 1 aromatic rings. The lowest BCUT2D eigenvalue weighted by atomic mass is 9.97. The molecule has 0 aromatic heterocycles. The van der Waals surface area contributed by atoms with Crippen LogP contribution in [0.15, 0.2) is 30.4 Å². The van der Waals surface area contributed by atoms with Crippen molar-refractivity contribution in [3.63, 3.8) is 0 Å². The van der Waals surface area contributed by atoms with Crippen molar-refractivity contribution in [3.8, 4) is 11.5 Å². The van der Waals surface area contributed by atoms with Crippen molar-refractivity contribution in [2.24, 2.45) is 0 Å². The smallest absolute Gasteiger partial charge is 0.160 e. The lowest BCUT2D eigenvalue weighted by molar-refractivity contribution is 0.354. The molecule has 0 amide bonds. The average molecular weight is 220 g/mol. The van der Waals surface area contributed by atoms with E-state index in [1.807, 2.05) is 19.1 Å². The third-order valence-electron chi connectivity index (χ3n) is 2.70. The number of benzene rings is 1. The zero-order chi connectivity index (χ0) is 12.0. The normalized spacial score (nSPS) is 12.8. The molecule has 0 saturated carbocycles. The Hall–Kier alpha value is -1.44. The molecular formula is C14H20O2. The summed E-state index contributed by atoms with van der Waals surface area (Å²) in [6, 6.07) is 6.10. The molecule has 16 heavy (non-hydrogen) atoms. The van der Waals surface area contributed by atoms with Gasteiger partial charge in [0.05, 0.1) is 14.2 Å². The number of ether oxygens (including phenoxy) is 2. The number of rotatable bonds is 5. The summed E-state index contributed by atoms with van der Waals surface area (Å²) in [7, 11) is 3.32. The van der Waals surface area contributed by atoms with Crippen LogP contribution in [-0.4, -0.2) is 14.2 Å². The Balaban J connectivity index is 2.89. The minimum Gasteiger partial charge on any atom is -0.493 e. The zero-order valence-electron chi connectivity index (χ0n) is 10.5. The van der Waals surface area contributed by atoms with Crippen LogP contribution in [0.25, 0.3) is 0 Å². The van der Waals surface area contributed by atoms with Crippen molar-refractivity contribution < 1.29 is 9.47 Å². The van der Waals surface area contributed by atoms with Crippen molar-refractivity contribution in [2.75, 3.05) is 14.2 Å². The van der Waals surface area contributed by atoms with Gasteiger partial charge in [0.25, 0.3) is 0 Å². The highest BCUT2D eigenvalue weighted by Gasteiger charge is 2.08. The summed E-state index contributed by atoms with van der Waals surface area (Å²) < 4.78 is 10.5. The maximum absolute atomic E-state index is 5.29. The monoisotopic (exact) mass is 220 g/mol. The van der Waals surface area contributed by atoms with Crippen molar-refractivity contribution in [1.82, 2.24) is 0 Å². The molecule has 0 N–H and O–H groups in total. The first-order valence-corrected chi connectivity index (χ1v) is 5.56. The van der Waals surface area contributed by atoms with Gasteiger partial charge in [-0.3, -0.25) is 0 Å². The van der Waals surface area contributed by atoms with Crippen molar-refractivity contribution in [3.05, 3.63) is 35.9 Å². The van der Waals surface area contributed by atoms with Crippen LogP contribution in [0.1, 0.15) is 31.7 Å². The summed E-state index contributed by atoms with van der Waals surface area (Å²) in [6.45, 7) is 4.25. The van der Waals surface area contributed by atoms with Crippen LogP contribution < -0.4 is 9.47 Å². The second-order valence-electron chi connectivity index (χ2n) is 3.82. The minimum atomic E-state index is 0.496. The van der Waals surface area contributed by atoms with Crippen molar-refractivity contribution in [1.29, 1.82) is 0 Å². The zero-order valence-corrected chi connectivity index (χ0v) is 10.5. The standard InChI is InChI=1S/C14H20O2/c1-5-6-7-11(2)12-8-9-13(15-3)14(10-12)16-4/h5-6,8-11H,7H2,1-4H3/b6-5-. The van der Waals surface area contributed by atoms with Gasteiger partial charge in [0.15, 0.2) is 11.5 Å². The van der Waals surface area contributed by atoms with Gasteiger partial charge in [-0.25, -0.2) is 0 Å². The second kappa shape index (κ2) is 6.21. The van der Waals surface area contributed by atoms with Crippen LogP contribution >= 0.6 is 0 Å². The van der Waals surface area contributed by atoms with Gasteiger partial charge < -0.3 is 9.47 Å². The Morgan fingerprint density at radius 1 is 1.19 bits per heavy atom. The molecule has 2 heteroatoms. The molecule has 0 aliphatic heterocycles. The molecule has 0 aliphatic carbocycles. The Labute approximate surface area is 97.9 Å². The first kappa shape index (κ1) is 12.6. The van der Waals surface area contributed by atoms with Crippen LogP contribution in [0.5, 0.6) is 11.5 Å². The van der Waals surface area contributed by atoms with Gasteiger partial charge >= 0.3 is 0 Å². The summed E-state index contributed by atoms with van der Waals surface area (Å²) in [5.74, 6) is 2.08. The predicted molar refractivity (Wildman–Crippen MR) is 67.4 cm³/mol. The molecule has 0 spiro atoms. The van der Waals surface area contributed by atoms with Gasteiger partial charge in [-0.05, 0) is 37.0 Å². The molecule has 0 bridgehead atoms. The average Bonchev–Trinajstić information content (AvgIpc) is 2.34. The van der Waals surface area contributed by atoms with Crippen LogP contribution in [0.3, 0.4) is 0 Å². The van der Waals surface area contributed by atoms with E-state index in [0.29, 0.717) is 5.92 Å². The van der Waals surface area contributed by atoms with E-state index in [0.717, 1.165) is 17.9 Å². The van der Waals surface area contributed by atoms with E-state index >= 15 is 0 Å². The molecule has 0 fully saturated rings. The Bertz CT molecular complexity index is 356. The van der Waals surface area contributed by atoms with Crippen molar-refractivity contribution in [2.45, 2.75) is 26.2 Å². The maximum atomic E-state index is 5.29. The molecule has 1 aromatic carbocycles. The Morgan fingerprint density at radius 2 is 1.88 bits per heavy atom. The lowest BCUT2D eigenvalue weighted by Gasteiger charge is -2.13. The highest BCUT2D eigenvalue weighted by molar-refractivity contribution is 5.43. The fourth-order valence-electron chi connectivity index (χ4n) is 1.64. The molecule has 1 atom stereocenters. The molecular weight excluding hydrogens is 200 g/mol. The van der Waals surface area contributed by atoms with E-state index in [1.54, 1.807) is 14.2 Å². The first-order valence-electron chi connectivity index (χ1n) is 5.56. The highest BCUT2D eigenvalue weighted by Crippen LogP contribution is 2.31. The van der Waals surface area contributed by atoms with Gasteiger partial charge in [0.1, 0.15) is 0 Å². The van der Waals surface area contributed by atoms with E-state index in [-0.39, 0.29) is 0 Å². The van der Waals surface area contributed by atoms with Crippen LogP contribution in [-0.2, 0) is 0 Å². The summed E-state index contributed by atoms with van der Waals surface area (Å²) >= 11 is 0. The molecule has 1 unspecified atom stereocenters. The molecule has 2 nitrogen and oxygen atoms in total. The molecule has 1 rings (SSSR count). The fraction of sp³-hybridized carbons (Fsp3) is 0.429. The summed E-state index contributed by atoms with van der Waals surface area (Å²) in [5, 5.41) is 0. The Morgan fingerprint density at radius 3 is 2.44 bits per heavy atom. The number of methoxy groups -OCH3 is 2. The van der Waals surface area contributed by atoms with Gasteiger partial charge in [-0.15, -0.1) is 0 Å². The van der Waals surface area contributed by atoms with E-state index in [9.17, 15) is 0 Å². The van der Waals surface area contributed by atoms with Gasteiger partial charge in [0, 0.05) is 0 Å².